The Balaban J connectivity index is 4.40. The van der Waals surface area contributed by atoms with E-state index in [1.807, 2.05) is 0 Å². The molecule has 0 saturated carbocycles. The molecule has 3 heteroatoms. The summed E-state index contributed by atoms with van der Waals surface area (Å²) >= 11 is 0. The zero-order chi connectivity index (χ0) is 7.98. The monoisotopic (exact) mass is 158 g/mol. The van der Waals surface area contributed by atoms with E-state index in [0.717, 1.165) is 0 Å². The summed E-state index contributed by atoms with van der Waals surface area (Å²) in [6.45, 7) is 5.09. The largest absolute Gasteiger partial charge is 0.227 e. The molecule has 10 heavy (non-hydrogen) atoms. The topological polar surface area (TPSA) is 34.1 Å². The molecule has 0 unspecified atom stereocenters. The Labute approximate surface area is 62.5 Å². The molecule has 0 amide bonds. The number of hydrogen-bond acceptors (Lipinski definition) is 2. The number of thiol groups is 1. The van der Waals surface area contributed by atoms with Crippen LogP contribution in [0.25, 0.3) is 0 Å². The van der Waals surface area contributed by atoms with Gasteiger partial charge in [0.15, 0.2) is 10.7 Å². The average Bonchev–Trinajstić information content (AvgIpc) is 1.89. The van der Waals surface area contributed by atoms with E-state index < -0.39 is 10.7 Å². The van der Waals surface area contributed by atoms with Crippen LogP contribution in [-0.2, 0) is 10.7 Å². The normalized spacial score (nSPS) is 12.8. The molecule has 0 N–H and O–H groups in total. The maximum absolute atomic E-state index is 10.3. The minimum Gasteiger partial charge on any atom is -0.227 e. The van der Waals surface area contributed by atoms with Gasteiger partial charge in [-0.15, -0.1) is 0 Å². The molecule has 0 saturated heterocycles. The van der Waals surface area contributed by atoms with E-state index in [0.29, 0.717) is 4.91 Å². The summed E-state index contributed by atoms with van der Waals surface area (Å²) in [6.07, 6.45) is 6.15. The van der Waals surface area contributed by atoms with E-state index in [1.54, 1.807) is 13.0 Å². The van der Waals surface area contributed by atoms with Crippen molar-refractivity contribution < 1.29 is 8.42 Å². The maximum Gasteiger partial charge on any atom is 0.167 e. The molecule has 0 aliphatic rings. The van der Waals surface area contributed by atoms with Gasteiger partial charge in [-0.1, -0.05) is 24.8 Å². The van der Waals surface area contributed by atoms with Crippen LogP contribution in [0.15, 0.2) is 35.8 Å². The minimum absolute atomic E-state index is 0.315. The fraction of sp³-hybridized carbons (Fsp3) is 0.143. The second-order valence-electron chi connectivity index (χ2n) is 1.57. The van der Waals surface area contributed by atoms with Crippen LogP contribution in [0.2, 0.25) is 0 Å². The van der Waals surface area contributed by atoms with E-state index in [1.165, 1.54) is 18.2 Å². The van der Waals surface area contributed by atoms with Crippen molar-refractivity contribution >= 4 is 10.7 Å². The molecule has 2 nitrogen and oxygen atoms in total. The van der Waals surface area contributed by atoms with Crippen molar-refractivity contribution in [1.82, 2.24) is 0 Å². The zero-order valence-electron chi connectivity index (χ0n) is 5.78. The first kappa shape index (κ1) is 9.17. The number of hydrogen-bond donors (Lipinski definition) is 1. The van der Waals surface area contributed by atoms with Crippen molar-refractivity contribution in [2.75, 3.05) is 0 Å². The third-order valence-electron chi connectivity index (χ3n) is 0.910. The molecule has 0 fully saturated rings. The van der Waals surface area contributed by atoms with Crippen LogP contribution in [0.4, 0.5) is 0 Å². The minimum atomic E-state index is -2.45. The molecule has 0 spiro atoms. The molecule has 0 radical (unpaired) electrons. The summed E-state index contributed by atoms with van der Waals surface area (Å²) in [4.78, 5) is 0.315. The summed E-state index contributed by atoms with van der Waals surface area (Å²) in [5.74, 6) is 0. The standard InChI is InChI=1S/C7H10O2S/c1-3-5-6-7(4-2)10(8)9/h3-6,10H,1H2,2H3/b6-5-,7-4+. The first-order valence-electron chi connectivity index (χ1n) is 2.82. The molecule has 0 aromatic heterocycles. The molecule has 0 atom stereocenters. The molecule has 0 aromatic rings. The van der Waals surface area contributed by atoms with Gasteiger partial charge in [0.05, 0.1) is 4.91 Å². The van der Waals surface area contributed by atoms with E-state index in [4.69, 9.17) is 0 Å². The predicted molar refractivity (Wildman–Crippen MR) is 43.4 cm³/mol. The van der Waals surface area contributed by atoms with Crippen LogP contribution in [0, 0.1) is 0 Å². The quantitative estimate of drug-likeness (QED) is 0.495. The Bertz CT molecular complexity index is 226. The highest BCUT2D eigenvalue weighted by Crippen LogP contribution is 1.96. The van der Waals surface area contributed by atoms with Crippen molar-refractivity contribution in [1.29, 1.82) is 0 Å². The molecule has 0 aliphatic carbocycles. The van der Waals surface area contributed by atoms with Gasteiger partial charge in [-0.25, -0.2) is 8.42 Å². The van der Waals surface area contributed by atoms with Gasteiger partial charge in [0.25, 0.3) is 0 Å². The first-order valence-corrected chi connectivity index (χ1v) is 4.00. The Morgan fingerprint density at radius 1 is 1.50 bits per heavy atom. The number of allylic oxidation sites excluding steroid dienone is 4. The van der Waals surface area contributed by atoms with Crippen molar-refractivity contribution in [3.05, 3.63) is 35.8 Å². The highest BCUT2D eigenvalue weighted by molar-refractivity contribution is 7.77. The van der Waals surface area contributed by atoms with Crippen LogP contribution < -0.4 is 0 Å². The van der Waals surface area contributed by atoms with Gasteiger partial charge in [0, 0.05) is 0 Å². The van der Waals surface area contributed by atoms with Crippen LogP contribution in [0.5, 0.6) is 0 Å². The summed E-state index contributed by atoms with van der Waals surface area (Å²) in [6, 6.07) is 0. The van der Waals surface area contributed by atoms with E-state index in [-0.39, 0.29) is 0 Å². The predicted octanol–water partition coefficient (Wildman–Crippen LogP) is 1.24. The highest BCUT2D eigenvalue weighted by Gasteiger charge is 1.88. The molecule has 0 rings (SSSR count). The Morgan fingerprint density at radius 2 is 2.10 bits per heavy atom. The van der Waals surface area contributed by atoms with Crippen LogP contribution >= 0.6 is 0 Å². The Hall–Kier alpha value is -0.830. The van der Waals surface area contributed by atoms with Gasteiger partial charge in [-0.05, 0) is 13.0 Å². The third kappa shape index (κ3) is 3.25. The van der Waals surface area contributed by atoms with Crippen molar-refractivity contribution in [3.63, 3.8) is 0 Å². The fourth-order valence-electron chi connectivity index (χ4n) is 0.429. The lowest BCUT2D eigenvalue weighted by atomic mass is 10.4. The first-order chi connectivity index (χ1) is 4.72. The van der Waals surface area contributed by atoms with Crippen LogP contribution in [-0.4, -0.2) is 8.42 Å². The lowest BCUT2D eigenvalue weighted by molar-refractivity contribution is 0.620. The van der Waals surface area contributed by atoms with Crippen molar-refractivity contribution in [2.45, 2.75) is 6.92 Å². The molecular formula is C7H10O2S. The Morgan fingerprint density at radius 3 is 2.40 bits per heavy atom. The summed E-state index contributed by atoms with van der Waals surface area (Å²) in [7, 11) is -2.45. The molecule has 0 heterocycles. The van der Waals surface area contributed by atoms with Gasteiger partial charge >= 0.3 is 0 Å². The van der Waals surface area contributed by atoms with Gasteiger partial charge < -0.3 is 0 Å². The van der Waals surface area contributed by atoms with Gasteiger partial charge in [0.1, 0.15) is 0 Å². The van der Waals surface area contributed by atoms with Gasteiger partial charge in [0.2, 0.25) is 0 Å². The van der Waals surface area contributed by atoms with Crippen molar-refractivity contribution in [3.8, 4) is 0 Å². The van der Waals surface area contributed by atoms with Crippen LogP contribution in [0.1, 0.15) is 6.92 Å². The molecule has 0 bridgehead atoms. The lowest BCUT2D eigenvalue weighted by Crippen LogP contribution is -1.77. The maximum atomic E-state index is 10.3. The second kappa shape index (κ2) is 4.99. The van der Waals surface area contributed by atoms with E-state index in [9.17, 15) is 8.42 Å². The number of rotatable bonds is 3. The summed E-state index contributed by atoms with van der Waals surface area (Å²) < 4.78 is 20.6. The van der Waals surface area contributed by atoms with Crippen LogP contribution in [0.3, 0.4) is 0 Å². The lowest BCUT2D eigenvalue weighted by Gasteiger charge is -1.83. The molecule has 0 aliphatic heterocycles. The Kier molecular flexibility index (Phi) is 4.58. The third-order valence-corrected chi connectivity index (χ3v) is 1.74. The summed E-state index contributed by atoms with van der Waals surface area (Å²) in [5.41, 5.74) is 0. The van der Waals surface area contributed by atoms with Gasteiger partial charge in [-0.2, -0.15) is 0 Å². The van der Waals surface area contributed by atoms with E-state index >= 15 is 0 Å². The smallest absolute Gasteiger partial charge is 0.167 e. The van der Waals surface area contributed by atoms with Crippen molar-refractivity contribution in [2.24, 2.45) is 0 Å². The zero-order valence-corrected chi connectivity index (χ0v) is 6.67. The van der Waals surface area contributed by atoms with Gasteiger partial charge in [-0.3, -0.25) is 0 Å². The highest BCUT2D eigenvalue weighted by atomic mass is 32.2. The van der Waals surface area contributed by atoms with E-state index in [2.05, 4.69) is 6.58 Å². The average molecular weight is 158 g/mol. The molecule has 0 aromatic carbocycles. The second-order valence-corrected chi connectivity index (χ2v) is 2.60. The molecular weight excluding hydrogens is 148 g/mol. The SMILES string of the molecule is C=C/C=C\C(=C/C)[SH](=O)=O. The summed E-state index contributed by atoms with van der Waals surface area (Å²) in [5, 5.41) is 0. The fourth-order valence-corrected chi connectivity index (χ4v) is 0.848. The molecule has 56 valence electrons.